The molecule has 1 radical (unpaired) electrons. The van der Waals surface area contributed by atoms with Gasteiger partial charge in [-0.15, -0.1) is 0 Å². The van der Waals surface area contributed by atoms with Crippen LogP contribution >= 0.6 is 0 Å². The van der Waals surface area contributed by atoms with E-state index < -0.39 is 15.6 Å². The molecule has 0 aromatic heterocycles. The van der Waals surface area contributed by atoms with Crippen molar-refractivity contribution in [2.45, 2.75) is 121 Å². The molecule has 223 valence electrons. The number of nitrogens with zero attached hydrogens (tertiary/aromatic N) is 2. The van der Waals surface area contributed by atoms with E-state index in [2.05, 4.69) is 22.4 Å². The number of rotatable bonds is 5. The quantitative estimate of drug-likeness (QED) is 0.106. The third-order valence-corrected chi connectivity index (χ3v) is 7.17. The second-order valence-corrected chi connectivity index (χ2v) is 11.1. The Morgan fingerprint density at radius 2 is 0.838 bits per heavy atom. The predicted molar refractivity (Wildman–Crippen MR) is 134 cm³/mol. The van der Waals surface area contributed by atoms with Gasteiger partial charge in [0.15, 0.2) is 0 Å². The van der Waals surface area contributed by atoms with Crippen molar-refractivity contribution in [3.05, 3.63) is 0 Å². The van der Waals surface area contributed by atoms with Crippen molar-refractivity contribution < 1.29 is 77.3 Å². The summed E-state index contributed by atoms with van der Waals surface area (Å²) in [5, 5.41) is 0. The van der Waals surface area contributed by atoms with E-state index in [1.807, 2.05) is 0 Å². The fourth-order valence-electron chi connectivity index (χ4n) is 4.54. The maximum atomic E-state index is 10.7. The molecule has 0 bridgehead atoms. The molecule has 0 saturated heterocycles. The fraction of sp³-hybridized carbons (Fsp3) is 0.920. The summed E-state index contributed by atoms with van der Waals surface area (Å²) in [6.07, 6.45) is 30.4. The fourth-order valence-corrected chi connectivity index (χ4v) is 4.54. The third-order valence-electron chi connectivity index (χ3n) is 6.58. The summed E-state index contributed by atoms with van der Waals surface area (Å²) in [4.78, 5) is 8.96. The first-order valence-electron chi connectivity index (χ1n) is 13.2. The second-order valence-electron chi connectivity index (χ2n) is 9.66. The SMILES string of the molecule is C(=NCCN=CC1CCCC1)C1CCCC1.C1CCCC1.C1CCCC1.O=S(=O)(O)C(F)(F)F.[Cu].[Fe+2].[Fe+2]. The van der Waals surface area contributed by atoms with Crippen LogP contribution in [0.25, 0.3) is 0 Å². The number of aliphatic imine (C=N–C) groups is 2. The molecule has 4 fully saturated rings. The van der Waals surface area contributed by atoms with Crippen LogP contribution in [0.2, 0.25) is 0 Å². The molecule has 0 aromatic carbocycles. The molecule has 12 heteroatoms. The topological polar surface area (TPSA) is 79.1 Å². The van der Waals surface area contributed by atoms with E-state index in [1.54, 1.807) is 0 Å². The zero-order valence-corrected chi connectivity index (χ0v) is 25.6. The maximum Gasteiger partial charge on any atom is 2.00 e. The number of hydrogen-bond acceptors (Lipinski definition) is 4. The van der Waals surface area contributed by atoms with Gasteiger partial charge >= 0.3 is 49.8 Å². The minimum Gasteiger partial charge on any atom is -0.295 e. The zero-order chi connectivity index (χ0) is 25.1. The zero-order valence-electron chi connectivity index (χ0n) is 21.7. The molecule has 0 amide bonds. The van der Waals surface area contributed by atoms with Gasteiger partial charge in [-0.1, -0.05) is 89.9 Å². The Hall–Kier alpha value is 0.598. The Labute approximate surface area is 254 Å². The summed E-state index contributed by atoms with van der Waals surface area (Å²) in [7, 11) is -5.84. The van der Waals surface area contributed by atoms with E-state index in [0.29, 0.717) is 0 Å². The van der Waals surface area contributed by atoms with Crippen LogP contribution in [-0.2, 0) is 61.3 Å². The monoisotopic (exact) mass is 685 g/mol. The summed E-state index contributed by atoms with van der Waals surface area (Å²) in [6.45, 7) is 1.78. The molecular formula is C25H45CuF3Fe2N2O3S+4. The van der Waals surface area contributed by atoms with Gasteiger partial charge in [-0.25, -0.2) is 0 Å². The van der Waals surface area contributed by atoms with Crippen molar-refractivity contribution in [3.8, 4) is 0 Å². The summed E-state index contributed by atoms with van der Waals surface area (Å²) >= 11 is 0. The maximum absolute atomic E-state index is 10.7. The van der Waals surface area contributed by atoms with Crippen LogP contribution in [0.5, 0.6) is 0 Å². The summed E-state index contributed by atoms with van der Waals surface area (Å²) in [6, 6.07) is 0. The van der Waals surface area contributed by atoms with Crippen molar-refractivity contribution in [1.29, 1.82) is 0 Å². The molecule has 0 atom stereocenters. The smallest absolute Gasteiger partial charge is 0.295 e. The molecule has 4 aliphatic rings. The molecule has 4 rings (SSSR count). The van der Waals surface area contributed by atoms with Crippen molar-refractivity contribution >= 4 is 22.5 Å². The Balaban J connectivity index is -0.000000464. The van der Waals surface area contributed by atoms with Crippen molar-refractivity contribution in [2.75, 3.05) is 13.1 Å². The van der Waals surface area contributed by atoms with Crippen molar-refractivity contribution in [1.82, 2.24) is 0 Å². The summed E-state index contributed by atoms with van der Waals surface area (Å²) in [5.74, 6) is 1.55. The summed E-state index contributed by atoms with van der Waals surface area (Å²) < 4.78 is 57.5. The van der Waals surface area contributed by atoms with E-state index in [0.717, 1.165) is 24.9 Å². The molecule has 0 heterocycles. The molecule has 0 unspecified atom stereocenters. The standard InChI is InChI=1S/C14H24N2.2C5H10.CHF3O3S.Cu.2Fe/c1-2-6-13(5-1)11-15-9-10-16-12-14-7-3-4-8-14;2*1-2-4-5-3-1;2-1(3,4)8(5,6)7;;;/h11-14H,1-10H2;2*1-5H2;(H,5,6,7);;;/q;;;;;2*+2. The van der Waals surface area contributed by atoms with Gasteiger partial charge in [0.2, 0.25) is 0 Å². The second kappa shape index (κ2) is 25.6. The first-order chi connectivity index (χ1) is 16.2. The molecule has 0 spiro atoms. The van der Waals surface area contributed by atoms with Crippen LogP contribution in [0.1, 0.15) is 116 Å². The van der Waals surface area contributed by atoms with Gasteiger partial charge < -0.3 is 0 Å². The minimum absolute atomic E-state index is 0. The van der Waals surface area contributed by atoms with Crippen molar-refractivity contribution in [3.63, 3.8) is 0 Å². The minimum atomic E-state index is -5.84. The first kappa shape index (κ1) is 42.1. The van der Waals surface area contributed by atoms with Gasteiger partial charge in [-0.2, -0.15) is 21.6 Å². The van der Waals surface area contributed by atoms with Gasteiger partial charge in [-0.3, -0.25) is 14.5 Å². The molecule has 4 saturated carbocycles. The van der Waals surface area contributed by atoms with Crippen LogP contribution in [0.3, 0.4) is 0 Å². The average molecular weight is 686 g/mol. The predicted octanol–water partition coefficient (Wildman–Crippen LogP) is 7.80. The van der Waals surface area contributed by atoms with E-state index >= 15 is 0 Å². The summed E-state index contributed by atoms with van der Waals surface area (Å²) in [5.41, 5.74) is -5.53. The average Bonchev–Trinajstić information content (AvgIpc) is 3.61. The normalized spacial score (nSPS) is 20.0. The van der Waals surface area contributed by atoms with Gasteiger partial charge in [-0.05, 0) is 37.5 Å². The Morgan fingerprint density at radius 3 is 1.03 bits per heavy atom. The van der Waals surface area contributed by atoms with Gasteiger partial charge in [0, 0.05) is 29.5 Å². The molecule has 0 aliphatic heterocycles. The molecular weight excluding hydrogens is 641 g/mol. The number of halogens is 3. The molecule has 37 heavy (non-hydrogen) atoms. The van der Waals surface area contributed by atoms with Crippen molar-refractivity contribution in [2.24, 2.45) is 21.8 Å². The van der Waals surface area contributed by atoms with Gasteiger partial charge in [0.25, 0.3) is 0 Å². The number of hydrogen-bond donors (Lipinski definition) is 1. The van der Waals surface area contributed by atoms with E-state index in [1.165, 1.54) is 116 Å². The van der Waals surface area contributed by atoms with Crippen LogP contribution in [0, 0.1) is 11.8 Å². The van der Waals surface area contributed by atoms with Crippen LogP contribution in [0.4, 0.5) is 13.2 Å². The Bertz CT molecular complexity index is 613. The number of alkyl halides is 3. The van der Waals surface area contributed by atoms with Gasteiger partial charge in [0.05, 0.1) is 13.1 Å². The largest absolute Gasteiger partial charge is 2.00 e. The Kier molecular flexibility index (Phi) is 29.1. The first-order valence-corrected chi connectivity index (χ1v) is 14.7. The van der Waals surface area contributed by atoms with E-state index in [9.17, 15) is 13.2 Å². The third kappa shape index (κ3) is 24.1. The molecule has 0 aromatic rings. The van der Waals surface area contributed by atoms with Crippen LogP contribution in [-0.4, -0.2) is 44.0 Å². The van der Waals surface area contributed by atoms with E-state index in [4.69, 9.17) is 13.0 Å². The molecule has 4 aliphatic carbocycles. The van der Waals surface area contributed by atoms with Crippen LogP contribution < -0.4 is 0 Å². The van der Waals surface area contributed by atoms with Gasteiger partial charge in [0.1, 0.15) is 0 Å². The molecule has 5 nitrogen and oxygen atoms in total. The van der Waals surface area contributed by atoms with E-state index in [-0.39, 0.29) is 51.2 Å². The molecule has 1 N–H and O–H groups in total. The Morgan fingerprint density at radius 1 is 0.622 bits per heavy atom. The van der Waals surface area contributed by atoms with Crippen LogP contribution in [0.15, 0.2) is 9.98 Å².